The number of nitrogens with zero attached hydrogens (tertiary/aromatic N) is 4. The van der Waals surface area contributed by atoms with E-state index in [2.05, 4.69) is 41.5 Å². The molecule has 1 aliphatic heterocycles. The van der Waals surface area contributed by atoms with Crippen molar-refractivity contribution in [3.8, 4) is 11.1 Å². The van der Waals surface area contributed by atoms with Crippen LogP contribution in [0, 0.1) is 0 Å². The van der Waals surface area contributed by atoms with Crippen molar-refractivity contribution < 1.29 is 4.79 Å². The molecule has 160 valence electrons. The normalized spacial score (nSPS) is 17.1. The molecule has 6 nitrogen and oxygen atoms in total. The number of amides is 1. The molecule has 0 bridgehead atoms. The van der Waals surface area contributed by atoms with Gasteiger partial charge >= 0.3 is 5.69 Å². The fourth-order valence-electron chi connectivity index (χ4n) is 4.57. The van der Waals surface area contributed by atoms with E-state index in [1.54, 1.807) is 7.05 Å². The highest BCUT2D eigenvalue weighted by atomic mass is 16.2. The molecule has 31 heavy (non-hydrogen) atoms. The van der Waals surface area contributed by atoms with Crippen LogP contribution in [0.4, 0.5) is 0 Å². The zero-order valence-electron chi connectivity index (χ0n) is 17.9. The fourth-order valence-corrected chi connectivity index (χ4v) is 4.57. The highest BCUT2D eigenvalue weighted by molar-refractivity contribution is 5.79. The summed E-state index contributed by atoms with van der Waals surface area (Å²) < 4.78 is 3.36. The molecule has 2 aliphatic rings. The van der Waals surface area contributed by atoms with Crippen LogP contribution in [-0.4, -0.2) is 38.2 Å². The molecule has 1 aromatic heterocycles. The molecule has 1 aliphatic carbocycles. The number of hydrogen-bond donors (Lipinski definition) is 0. The van der Waals surface area contributed by atoms with E-state index < -0.39 is 0 Å². The van der Waals surface area contributed by atoms with Crippen LogP contribution in [0.1, 0.15) is 49.0 Å². The molecule has 0 spiro atoms. The van der Waals surface area contributed by atoms with Crippen LogP contribution >= 0.6 is 0 Å². The SMILES string of the molecule is Cn1nc(C2CCN(C(=O)Cc3ccc(-c4ccccc4)cc3)CC2)n(C2CC2)c1=O. The molecular formula is C25H28N4O2. The number of carbonyl (C=O) groups excluding carboxylic acids is 1. The van der Waals surface area contributed by atoms with Crippen molar-refractivity contribution in [3.05, 3.63) is 76.5 Å². The van der Waals surface area contributed by atoms with Crippen molar-refractivity contribution >= 4 is 5.91 Å². The smallest absolute Gasteiger partial charge is 0.342 e. The Bertz CT molecular complexity index is 1120. The quantitative estimate of drug-likeness (QED) is 0.639. The summed E-state index contributed by atoms with van der Waals surface area (Å²) in [7, 11) is 1.73. The van der Waals surface area contributed by atoms with Crippen molar-refractivity contribution in [2.75, 3.05) is 13.1 Å². The molecule has 0 unspecified atom stereocenters. The van der Waals surface area contributed by atoms with E-state index in [1.807, 2.05) is 27.7 Å². The summed E-state index contributed by atoms with van der Waals surface area (Å²) >= 11 is 0. The van der Waals surface area contributed by atoms with Crippen LogP contribution in [0.3, 0.4) is 0 Å². The van der Waals surface area contributed by atoms with E-state index in [9.17, 15) is 9.59 Å². The van der Waals surface area contributed by atoms with Crippen molar-refractivity contribution in [3.63, 3.8) is 0 Å². The van der Waals surface area contributed by atoms with Crippen LogP contribution in [-0.2, 0) is 18.3 Å². The summed E-state index contributed by atoms with van der Waals surface area (Å²) in [5.41, 5.74) is 3.38. The molecule has 1 saturated heterocycles. The Hall–Kier alpha value is -3.15. The lowest BCUT2D eigenvalue weighted by Gasteiger charge is -2.31. The fraction of sp³-hybridized carbons (Fsp3) is 0.400. The Labute approximate surface area is 182 Å². The second-order valence-corrected chi connectivity index (χ2v) is 8.76. The van der Waals surface area contributed by atoms with Gasteiger partial charge in [-0.1, -0.05) is 54.6 Å². The number of likely N-dealkylation sites (tertiary alicyclic amines) is 1. The predicted octanol–water partition coefficient (Wildman–Crippen LogP) is 3.53. The van der Waals surface area contributed by atoms with Gasteiger partial charge in [-0.15, -0.1) is 0 Å². The van der Waals surface area contributed by atoms with Crippen molar-refractivity contribution in [1.29, 1.82) is 0 Å². The molecule has 1 amide bonds. The Morgan fingerprint density at radius 2 is 1.58 bits per heavy atom. The van der Waals surface area contributed by atoms with Crippen LogP contribution < -0.4 is 5.69 Å². The van der Waals surface area contributed by atoms with Crippen molar-refractivity contribution in [2.24, 2.45) is 7.05 Å². The Morgan fingerprint density at radius 3 is 2.23 bits per heavy atom. The molecule has 1 saturated carbocycles. The van der Waals surface area contributed by atoms with Gasteiger partial charge in [-0.3, -0.25) is 9.36 Å². The van der Waals surface area contributed by atoms with Gasteiger partial charge in [0.1, 0.15) is 5.82 Å². The number of piperidine rings is 1. The average molecular weight is 417 g/mol. The molecule has 2 heterocycles. The number of carbonyl (C=O) groups is 1. The number of aryl methyl sites for hydroxylation is 1. The zero-order chi connectivity index (χ0) is 21.4. The van der Waals surface area contributed by atoms with E-state index in [-0.39, 0.29) is 17.5 Å². The first kappa shape index (κ1) is 19.8. The standard InChI is InChI=1S/C25H28N4O2/c1-27-25(31)29(22-11-12-22)24(26-27)21-13-15-28(16-14-21)23(30)17-18-7-9-20(10-8-18)19-5-3-2-4-6-19/h2-10,21-22H,11-17H2,1H3. The van der Waals surface area contributed by atoms with Gasteiger partial charge in [-0.25, -0.2) is 9.48 Å². The minimum absolute atomic E-state index is 0.00467. The molecule has 0 radical (unpaired) electrons. The Kier molecular flexibility index (Phi) is 5.22. The highest BCUT2D eigenvalue weighted by Gasteiger charge is 2.34. The summed E-state index contributed by atoms with van der Waals surface area (Å²) in [6, 6.07) is 18.9. The van der Waals surface area contributed by atoms with Crippen LogP contribution in [0.15, 0.2) is 59.4 Å². The van der Waals surface area contributed by atoms with Crippen molar-refractivity contribution in [2.45, 2.75) is 44.1 Å². The largest absolute Gasteiger partial charge is 0.345 e. The van der Waals surface area contributed by atoms with Crippen molar-refractivity contribution in [1.82, 2.24) is 19.2 Å². The van der Waals surface area contributed by atoms with Gasteiger partial charge in [-0.05, 0) is 42.4 Å². The third kappa shape index (κ3) is 4.07. The molecule has 3 aromatic rings. The molecule has 2 fully saturated rings. The molecule has 5 rings (SSSR count). The third-order valence-corrected chi connectivity index (χ3v) is 6.52. The number of aromatic nitrogens is 3. The molecule has 2 aromatic carbocycles. The maximum atomic E-state index is 12.9. The third-order valence-electron chi connectivity index (χ3n) is 6.52. The van der Waals surface area contributed by atoms with Crippen LogP contribution in [0.5, 0.6) is 0 Å². The van der Waals surface area contributed by atoms with Crippen LogP contribution in [0.2, 0.25) is 0 Å². The second-order valence-electron chi connectivity index (χ2n) is 8.76. The highest BCUT2D eigenvalue weighted by Crippen LogP contribution is 2.37. The van der Waals surface area contributed by atoms with E-state index in [1.165, 1.54) is 10.2 Å². The van der Waals surface area contributed by atoms with Crippen LogP contribution in [0.25, 0.3) is 11.1 Å². The van der Waals surface area contributed by atoms with E-state index in [0.717, 1.165) is 55.7 Å². The number of hydrogen-bond acceptors (Lipinski definition) is 3. The molecule has 0 atom stereocenters. The summed E-state index contributed by atoms with van der Waals surface area (Å²) in [4.78, 5) is 27.2. The lowest BCUT2D eigenvalue weighted by molar-refractivity contribution is -0.131. The maximum absolute atomic E-state index is 12.9. The topological polar surface area (TPSA) is 60.1 Å². The summed E-state index contributed by atoms with van der Waals surface area (Å²) in [5.74, 6) is 1.34. The molecule has 0 N–H and O–H groups in total. The number of benzene rings is 2. The molecule has 6 heteroatoms. The maximum Gasteiger partial charge on any atom is 0.345 e. The minimum atomic E-state index is -0.00467. The lowest BCUT2D eigenvalue weighted by atomic mass is 9.95. The van der Waals surface area contributed by atoms with E-state index >= 15 is 0 Å². The predicted molar refractivity (Wildman–Crippen MR) is 120 cm³/mol. The minimum Gasteiger partial charge on any atom is -0.342 e. The lowest BCUT2D eigenvalue weighted by Crippen LogP contribution is -2.39. The number of rotatable bonds is 5. The van der Waals surface area contributed by atoms with E-state index in [0.29, 0.717) is 12.5 Å². The summed E-state index contributed by atoms with van der Waals surface area (Å²) in [6.07, 6.45) is 4.29. The first-order valence-corrected chi connectivity index (χ1v) is 11.2. The van der Waals surface area contributed by atoms with E-state index in [4.69, 9.17) is 0 Å². The Balaban J connectivity index is 1.20. The average Bonchev–Trinajstić information content (AvgIpc) is 3.60. The van der Waals surface area contributed by atoms with Gasteiger partial charge in [0, 0.05) is 32.1 Å². The van der Waals surface area contributed by atoms with Gasteiger partial charge < -0.3 is 4.90 Å². The second kappa shape index (κ2) is 8.17. The summed E-state index contributed by atoms with van der Waals surface area (Å²) in [6.45, 7) is 1.45. The Morgan fingerprint density at radius 1 is 0.935 bits per heavy atom. The van der Waals surface area contributed by atoms with Gasteiger partial charge in [0.15, 0.2) is 0 Å². The first-order valence-electron chi connectivity index (χ1n) is 11.2. The monoisotopic (exact) mass is 416 g/mol. The zero-order valence-corrected chi connectivity index (χ0v) is 17.9. The van der Waals surface area contributed by atoms with Gasteiger partial charge in [0.05, 0.1) is 6.42 Å². The summed E-state index contributed by atoms with van der Waals surface area (Å²) in [5, 5.41) is 4.53. The van der Waals surface area contributed by atoms with Gasteiger partial charge in [0.2, 0.25) is 5.91 Å². The first-order chi connectivity index (χ1) is 15.1. The van der Waals surface area contributed by atoms with Gasteiger partial charge in [0.25, 0.3) is 0 Å². The molecular weight excluding hydrogens is 388 g/mol. The van der Waals surface area contributed by atoms with Gasteiger partial charge in [-0.2, -0.15) is 5.10 Å².